The van der Waals surface area contributed by atoms with Gasteiger partial charge in [-0.1, -0.05) is 13.3 Å². The van der Waals surface area contributed by atoms with Crippen molar-refractivity contribution in [3.63, 3.8) is 0 Å². The van der Waals surface area contributed by atoms with Crippen LogP contribution >= 0.6 is 23.4 Å². The second-order valence-electron chi connectivity index (χ2n) is 8.20. The van der Waals surface area contributed by atoms with E-state index < -0.39 is 58.9 Å². The SMILES string of the molecule is CCCC1(F)C[C@@H](C(=O)N[C@@H](C2O[C@H](SC)[C@H](O)[C@@H](O)[C@H]2O)[C@H](C)Cl)N(CCO)C1. The number of alkyl halides is 2. The Kier molecular flexibility index (Phi) is 9.63. The summed E-state index contributed by atoms with van der Waals surface area (Å²) in [7, 11) is 0. The van der Waals surface area contributed by atoms with Crippen molar-refractivity contribution in [1.29, 1.82) is 0 Å². The summed E-state index contributed by atoms with van der Waals surface area (Å²) in [6.45, 7) is 3.51. The lowest BCUT2D eigenvalue weighted by Gasteiger charge is -2.44. The molecule has 5 N–H and O–H groups in total. The van der Waals surface area contributed by atoms with Gasteiger partial charge in [0.25, 0.3) is 0 Å². The molecule has 30 heavy (non-hydrogen) atoms. The molecule has 2 aliphatic rings. The van der Waals surface area contributed by atoms with E-state index in [-0.39, 0.29) is 26.1 Å². The van der Waals surface area contributed by atoms with E-state index >= 15 is 4.39 Å². The first kappa shape index (κ1) is 26.1. The van der Waals surface area contributed by atoms with E-state index in [0.717, 1.165) is 11.8 Å². The Hall–Kier alpha value is -0.200. The number of nitrogens with one attached hydrogen (secondary N) is 1. The Bertz CT molecular complexity index is 577. The molecular weight excluding hydrogens is 439 g/mol. The minimum absolute atomic E-state index is 0.00108. The molecule has 8 nitrogen and oxygen atoms in total. The zero-order chi connectivity index (χ0) is 22.6. The molecule has 11 heteroatoms. The van der Waals surface area contributed by atoms with Crippen LogP contribution in [-0.4, -0.2) is 110 Å². The topological polar surface area (TPSA) is 122 Å². The Balaban J connectivity index is 2.18. The Morgan fingerprint density at radius 3 is 2.57 bits per heavy atom. The summed E-state index contributed by atoms with van der Waals surface area (Å²) in [5, 5.41) is 42.1. The third-order valence-corrected chi connectivity index (χ3v) is 7.00. The van der Waals surface area contributed by atoms with Crippen LogP contribution in [-0.2, 0) is 9.53 Å². The minimum Gasteiger partial charge on any atom is -0.395 e. The fourth-order valence-electron chi connectivity index (χ4n) is 4.35. The van der Waals surface area contributed by atoms with Gasteiger partial charge in [-0.3, -0.25) is 9.69 Å². The quantitative estimate of drug-likeness (QED) is 0.293. The van der Waals surface area contributed by atoms with Crippen molar-refractivity contribution in [1.82, 2.24) is 10.2 Å². The summed E-state index contributed by atoms with van der Waals surface area (Å²) in [5.74, 6) is -0.478. The van der Waals surface area contributed by atoms with Crippen LogP contribution in [0.4, 0.5) is 4.39 Å². The molecule has 0 aromatic carbocycles. The number of aliphatic hydroxyl groups is 4. The maximum absolute atomic E-state index is 15.1. The average molecular weight is 473 g/mol. The molecule has 2 unspecified atom stereocenters. The molecule has 0 radical (unpaired) electrons. The Morgan fingerprint density at radius 1 is 1.37 bits per heavy atom. The number of hydrogen-bond acceptors (Lipinski definition) is 8. The van der Waals surface area contributed by atoms with Gasteiger partial charge < -0.3 is 30.5 Å². The number of rotatable bonds is 9. The van der Waals surface area contributed by atoms with Gasteiger partial charge in [0.05, 0.1) is 24.1 Å². The highest BCUT2D eigenvalue weighted by Crippen LogP contribution is 2.35. The zero-order valence-electron chi connectivity index (χ0n) is 17.6. The third-order valence-electron chi connectivity index (χ3n) is 5.87. The molecule has 9 atom stereocenters. The first-order valence-electron chi connectivity index (χ1n) is 10.3. The van der Waals surface area contributed by atoms with E-state index in [0.29, 0.717) is 12.8 Å². The van der Waals surface area contributed by atoms with Gasteiger partial charge in [-0.15, -0.1) is 23.4 Å². The van der Waals surface area contributed by atoms with Gasteiger partial charge in [0.15, 0.2) is 0 Å². The molecule has 0 aromatic heterocycles. The maximum atomic E-state index is 15.1. The lowest BCUT2D eigenvalue weighted by molar-refractivity contribution is -0.205. The molecule has 2 rings (SSSR count). The molecule has 2 heterocycles. The van der Waals surface area contributed by atoms with Crippen LogP contribution in [0.1, 0.15) is 33.1 Å². The van der Waals surface area contributed by atoms with Crippen LogP contribution in [0.15, 0.2) is 0 Å². The van der Waals surface area contributed by atoms with E-state index in [9.17, 15) is 25.2 Å². The second kappa shape index (κ2) is 11.1. The lowest BCUT2D eigenvalue weighted by Crippen LogP contribution is -2.65. The number of aliphatic hydroxyl groups excluding tert-OH is 4. The third kappa shape index (κ3) is 5.78. The number of carbonyl (C=O) groups is 1. The summed E-state index contributed by atoms with van der Waals surface area (Å²) in [5.41, 5.74) is -2.32. The zero-order valence-corrected chi connectivity index (χ0v) is 19.2. The summed E-state index contributed by atoms with van der Waals surface area (Å²) < 4.78 is 20.9. The standard InChI is InChI=1S/C19H34ClFN2O6S/c1-4-5-19(21)8-11(23(9-19)6-7-24)17(28)22-12(10(2)20)16-14(26)13(25)15(27)18(29-16)30-3/h10-16,18,24-27H,4-9H2,1-3H3,(H,22,28)/t10-,11-,12+,13-,14+,15+,16?,18+,19?/m0/s1. The first-order valence-corrected chi connectivity index (χ1v) is 12.0. The monoisotopic (exact) mass is 472 g/mol. The van der Waals surface area contributed by atoms with Crippen LogP contribution < -0.4 is 5.32 Å². The van der Waals surface area contributed by atoms with Crippen LogP contribution in [0.3, 0.4) is 0 Å². The normalized spacial score (nSPS) is 39.6. The smallest absolute Gasteiger partial charge is 0.237 e. The van der Waals surface area contributed by atoms with Crippen molar-refractivity contribution < 1.29 is 34.3 Å². The average Bonchev–Trinajstić information content (AvgIpc) is 3.01. The Labute approximate surface area is 186 Å². The van der Waals surface area contributed by atoms with Crippen LogP contribution in [0.25, 0.3) is 0 Å². The minimum atomic E-state index is -1.51. The lowest BCUT2D eigenvalue weighted by atomic mass is 9.92. The van der Waals surface area contributed by atoms with Crippen LogP contribution in [0.5, 0.6) is 0 Å². The van der Waals surface area contributed by atoms with Gasteiger partial charge in [0.1, 0.15) is 35.5 Å². The van der Waals surface area contributed by atoms with E-state index in [1.54, 1.807) is 18.1 Å². The van der Waals surface area contributed by atoms with Crippen molar-refractivity contribution in [3.8, 4) is 0 Å². The van der Waals surface area contributed by atoms with Gasteiger partial charge in [0, 0.05) is 19.5 Å². The molecule has 0 aliphatic carbocycles. The Morgan fingerprint density at radius 2 is 2.03 bits per heavy atom. The molecule has 1 amide bonds. The number of likely N-dealkylation sites (tertiary alicyclic amines) is 1. The van der Waals surface area contributed by atoms with Crippen molar-refractivity contribution in [2.24, 2.45) is 0 Å². The molecule has 0 spiro atoms. The van der Waals surface area contributed by atoms with Gasteiger partial charge in [0.2, 0.25) is 5.91 Å². The molecule has 2 saturated heterocycles. The number of carbonyl (C=O) groups excluding carboxylic acids is 1. The predicted octanol–water partition coefficient (Wildman–Crippen LogP) is -0.156. The first-order chi connectivity index (χ1) is 14.1. The molecule has 176 valence electrons. The summed E-state index contributed by atoms with van der Waals surface area (Å²) in [4.78, 5) is 14.7. The highest BCUT2D eigenvalue weighted by atomic mass is 35.5. The number of amides is 1. The fourth-order valence-corrected chi connectivity index (χ4v) is 5.24. The van der Waals surface area contributed by atoms with Gasteiger partial charge in [-0.2, -0.15) is 0 Å². The number of thioether (sulfide) groups is 1. The molecule has 0 aromatic rings. The van der Waals surface area contributed by atoms with Gasteiger partial charge >= 0.3 is 0 Å². The number of hydrogen-bond donors (Lipinski definition) is 5. The number of β-amino-alcohol motifs (C(OH)–C–C–N with tert-alkyl or cyclic N) is 1. The highest BCUT2D eigenvalue weighted by molar-refractivity contribution is 7.99. The molecule has 2 aliphatic heterocycles. The van der Waals surface area contributed by atoms with Crippen molar-refractivity contribution in [2.45, 2.75) is 86.1 Å². The number of ether oxygens (including phenoxy) is 1. The molecule has 0 bridgehead atoms. The van der Waals surface area contributed by atoms with Gasteiger partial charge in [-0.05, 0) is 19.6 Å². The van der Waals surface area contributed by atoms with Crippen molar-refractivity contribution in [3.05, 3.63) is 0 Å². The molecule has 2 fully saturated rings. The van der Waals surface area contributed by atoms with Gasteiger partial charge in [-0.25, -0.2) is 4.39 Å². The van der Waals surface area contributed by atoms with E-state index in [2.05, 4.69) is 5.32 Å². The van der Waals surface area contributed by atoms with Crippen molar-refractivity contribution in [2.75, 3.05) is 26.0 Å². The van der Waals surface area contributed by atoms with Crippen molar-refractivity contribution >= 4 is 29.3 Å². The summed E-state index contributed by atoms with van der Waals surface area (Å²) in [6, 6.07) is -1.68. The fraction of sp³-hybridized carbons (Fsp3) is 0.947. The second-order valence-corrected chi connectivity index (χ2v) is 9.83. The molecule has 0 saturated carbocycles. The summed E-state index contributed by atoms with van der Waals surface area (Å²) >= 11 is 7.45. The largest absolute Gasteiger partial charge is 0.395 e. The van der Waals surface area contributed by atoms with E-state index in [4.69, 9.17) is 16.3 Å². The van der Waals surface area contributed by atoms with Crippen LogP contribution in [0, 0.1) is 0 Å². The van der Waals surface area contributed by atoms with Crippen LogP contribution in [0.2, 0.25) is 0 Å². The predicted molar refractivity (Wildman–Crippen MR) is 113 cm³/mol. The van der Waals surface area contributed by atoms with E-state index in [1.807, 2.05) is 6.92 Å². The summed E-state index contributed by atoms with van der Waals surface area (Å²) in [6.07, 6.45) is -2.63. The number of halogens is 2. The maximum Gasteiger partial charge on any atom is 0.237 e. The molecular formula is C19H34ClFN2O6S. The highest BCUT2D eigenvalue weighted by Gasteiger charge is 2.50. The van der Waals surface area contributed by atoms with E-state index in [1.165, 1.54) is 0 Å². The number of nitrogens with zero attached hydrogens (tertiary/aromatic N) is 1.